The molecular formula is C28H37NO5. The van der Waals surface area contributed by atoms with Crippen molar-refractivity contribution in [2.24, 2.45) is 0 Å². The molecule has 184 valence electrons. The van der Waals surface area contributed by atoms with Crippen molar-refractivity contribution < 1.29 is 24.2 Å². The SMILES string of the molecule is CCCC(=O)c1ccc(C(CCC)CC(=O)Nc2cc(C(=O)O)ccc2C(C)(C)C)c(OC)c1. The van der Waals surface area contributed by atoms with E-state index in [4.69, 9.17) is 4.74 Å². The maximum atomic E-state index is 13.1. The smallest absolute Gasteiger partial charge is 0.335 e. The van der Waals surface area contributed by atoms with Crippen molar-refractivity contribution in [3.8, 4) is 5.75 Å². The van der Waals surface area contributed by atoms with Gasteiger partial charge in [0.15, 0.2) is 5.78 Å². The predicted molar refractivity (Wildman–Crippen MR) is 135 cm³/mol. The van der Waals surface area contributed by atoms with E-state index in [1.54, 1.807) is 25.3 Å². The van der Waals surface area contributed by atoms with Crippen molar-refractivity contribution >= 4 is 23.3 Å². The Morgan fingerprint density at radius 1 is 1.00 bits per heavy atom. The van der Waals surface area contributed by atoms with E-state index in [0.29, 0.717) is 23.4 Å². The molecule has 0 heterocycles. The van der Waals surface area contributed by atoms with E-state index in [1.165, 1.54) is 6.07 Å². The highest BCUT2D eigenvalue weighted by Crippen LogP contribution is 2.35. The topological polar surface area (TPSA) is 92.7 Å². The Morgan fingerprint density at radius 2 is 1.68 bits per heavy atom. The molecule has 0 aliphatic heterocycles. The van der Waals surface area contributed by atoms with Crippen LogP contribution in [0.15, 0.2) is 36.4 Å². The van der Waals surface area contributed by atoms with Crippen LogP contribution in [0.1, 0.15) is 104 Å². The maximum Gasteiger partial charge on any atom is 0.335 e. The summed E-state index contributed by atoms with van der Waals surface area (Å²) in [6.45, 7) is 10.1. The third-order valence-corrected chi connectivity index (χ3v) is 5.89. The molecule has 0 saturated carbocycles. The predicted octanol–water partition coefficient (Wildman–Crippen LogP) is 6.59. The molecule has 1 atom stereocenters. The zero-order chi connectivity index (χ0) is 25.5. The highest BCUT2D eigenvalue weighted by molar-refractivity contribution is 5.97. The molecule has 0 spiro atoms. The molecule has 1 unspecified atom stereocenters. The zero-order valence-electron chi connectivity index (χ0n) is 21.2. The van der Waals surface area contributed by atoms with Gasteiger partial charge in [0.2, 0.25) is 5.91 Å². The highest BCUT2D eigenvalue weighted by Gasteiger charge is 2.24. The molecule has 2 N–H and O–H groups in total. The molecule has 0 bridgehead atoms. The molecule has 1 amide bonds. The van der Waals surface area contributed by atoms with Gasteiger partial charge in [-0.05, 0) is 53.5 Å². The molecule has 2 aromatic carbocycles. The zero-order valence-corrected chi connectivity index (χ0v) is 21.2. The number of aromatic carboxylic acids is 1. The van der Waals surface area contributed by atoms with E-state index < -0.39 is 5.97 Å². The number of amides is 1. The summed E-state index contributed by atoms with van der Waals surface area (Å²) in [5, 5.41) is 12.4. The van der Waals surface area contributed by atoms with Gasteiger partial charge in [-0.1, -0.05) is 59.2 Å². The van der Waals surface area contributed by atoms with Gasteiger partial charge < -0.3 is 15.2 Å². The number of carbonyl (C=O) groups is 3. The fourth-order valence-corrected chi connectivity index (χ4v) is 4.17. The van der Waals surface area contributed by atoms with Crippen LogP contribution in [0.4, 0.5) is 5.69 Å². The lowest BCUT2D eigenvalue weighted by atomic mass is 9.85. The Kier molecular flexibility index (Phi) is 9.42. The number of ketones is 1. The van der Waals surface area contributed by atoms with Crippen molar-refractivity contribution in [2.75, 3.05) is 12.4 Å². The molecule has 2 rings (SSSR count). The third-order valence-electron chi connectivity index (χ3n) is 5.89. The second-order valence-electron chi connectivity index (χ2n) is 9.68. The molecule has 34 heavy (non-hydrogen) atoms. The third kappa shape index (κ3) is 6.92. The van der Waals surface area contributed by atoms with Gasteiger partial charge in [0.1, 0.15) is 5.75 Å². The number of carbonyl (C=O) groups excluding carboxylic acids is 2. The Hall–Kier alpha value is -3.15. The van der Waals surface area contributed by atoms with E-state index in [-0.39, 0.29) is 35.0 Å². The van der Waals surface area contributed by atoms with Gasteiger partial charge in [0, 0.05) is 24.1 Å². The van der Waals surface area contributed by atoms with Crippen LogP contribution in [0.2, 0.25) is 0 Å². The number of rotatable bonds is 11. The standard InChI is InChI=1S/C28H37NO5/c1-7-9-18(21-13-11-19(16-25(21)34-6)24(30)10-8-2)17-26(31)29-23-15-20(27(32)33)12-14-22(23)28(3,4)5/h11-16,18H,7-10,17H2,1-6H3,(H,29,31)(H,32,33). The lowest BCUT2D eigenvalue weighted by molar-refractivity contribution is -0.116. The Balaban J connectivity index is 2.34. The minimum Gasteiger partial charge on any atom is -0.496 e. The van der Waals surface area contributed by atoms with Gasteiger partial charge in [-0.3, -0.25) is 9.59 Å². The Labute approximate surface area is 202 Å². The van der Waals surface area contributed by atoms with Gasteiger partial charge in [-0.15, -0.1) is 0 Å². The van der Waals surface area contributed by atoms with Crippen molar-refractivity contribution in [3.63, 3.8) is 0 Å². The molecule has 0 radical (unpaired) electrons. The van der Waals surface area contributed by atoms with Gasteiger partial charge in [0.05, 0.1) is 12.7 Å². The van der Waals surface area contributed by atoms with Crippen LogP contribution in [0.5, 0.6) is 5.75 Å². The fourth-order valence-electron chi connectivity index (χ4n) is 4.17. The van der Waals surface area contributed by atoms with Gasteiger partial charge in [0.25, 0.3) is 0 Å². The number of methoxy groups -OCH3 is 1. The minimum absolute atomic E-state index is 0.0742. The van der Waals surface area contributed by atoms with Crippen LogP contribution in [0.25, 0.3) is 0 Å². The van der Waals surface area contributed by atoms with Gasteiger partial charge >= 0.3 is 5.97 Å². The summed E-state index contributed by atoms with van der Waals surface area (Å²) in [7, 11) is 1.57. The summed E-state index contributed by atoms with van der Waals surface area (Å²) in [6, 6.07) is 10.3. The molecule has 2 aromatic rings. The quantitative estimate of drug-likeness (QED) is 0.364. The van der Waals surface area contributed by atoms with Gasteiger partial charge in [-0.25, -0.2) is 4.79 Å². The van der Waals surface area contributed by atoms with Crippen LogP contribution >= 0.6 is 0 Å². The summed E-state index contributed by atoms with van der Waals surface area (Å²) in [6.07, 6.45) is 3.12. The van der Waals surface area contributed by atoms with E-state index in [0.717, 1.165) is 30.4 Å². The van der Waals surface area contributed by atoms with Crippen molar-refractivity contribution in [2.45, 2.75) is 78.1 Å². The summed E-state index contributed by atoms with van der Waals surface area (Å²) < 4.78 is 5.60. The Bertz CT molecular complexity index is 1040. The van der Waals surface area contributed by atoms with Crippen LogP contribution in [0.3, 0.4) is 0 Å². The average molecular weight is 468 g/mol. The van der Waals surface area contributed by atoms with Crippen molar-refractivity contribution in [3.05, 3.63) is 58.7 Å². The largest absolute Gasteiger partial charge is 0.496 e. The molecule has 6 nitrogen and oxygen atoms in total. The number of Topliss-reactive ketones (excluding diaryl/α,β-unsaturated/α-hetero) is 1. The van der Waals surface area contributed by atoms with E-state index in [2.05, 4.69) is 12.2 Å². The number of carboxylic acids is 1. The van der Waals surface area contributed by atoms with Crippen LogP contribution in [-0.4, -0.2) is 29.9 Å². The number of ether oxygens (including phenoxy) is 1. The summed E-state index contributed by atoms with van der Waals surface area (Å²) >= 11 is 0. The summed E-state index contributed by atoms with van der Waals surface area (Å²) in [5.41, 5.74) is 2.74. The first-order valence-corrected chi connectivity index (χ1v) is 11.9. The number of nitrogens with one attached hydrogen (secondary N) is 1. The lowest BCUT2D eigenvalue weighted by Gasteiger charge is -2.24. The van der Waals surface area contributed by atoms with E-state index in [9.17, 15) is 19.5 Å². The highest BCUT2D eigenvalue weighted by atomic mass is 16.5. The van der Waals surface area contributed by atoms with Crippen LogP contribution < -0.4 is 10.1 Å². The van der Waals surface area contributed by atoms with E-state index in [1.807, 2.05) is 39.8 Å². The first-order valence-electron chi connectivity index (χ1n) is 11.9. The second kappa shape index (κ2) is 11.8. The first kappa shape index (κ1) is 27.1. The fraction of sp³-hybridized carbons (Fsp3) is 0.464. The molecule has 0 aliphatic carbocycles. The second-order valence-corrected chi connectivity index (χ2v) is 9.68. The molecule has 0 saturated heterocycles. The maximum absolute atomic E-state index is 13.1. The van der Waals surface area contributed by atoms with Gasteiger partial charge in [-0.2, -0.15) is 0 Å². The minimum atomic E-state index is -1.04. The Morgan fingerprint density at radius 3 is 2.24 bits per heavy atom. The lowest BCUT2D eigenvalue weighted by Crippen LogP contribution is -2.21. The summed E-state index contributed by atoms with van der Waals surface area (Å²) in [4.78, 5) is 36.9. The molecule has 0 aliphatic rings. The van der Waals surface area contributed by atoms with Crippen molar-refractivity contribution in [1.82, 2.24) is 0 Å². The molecule has 0 fully saturated rings. The number of hydrogen-bond acceptors (Lipinski definition) is 4. The number of benzene rings is 2. The first-order chi connectivity index (χ1) is 16.0. The van der Waals surface area contributed by atoms with Crippen LogP contribution in [0, 0.1) is 0 Å². The van der Waals surface area contributed by atoms with E-state index >= 15 is 0 Å². The monoisotopic (exact) mass is 467 g/mol. The molecule has 0 aromatic heterocycles. The number of hydrogen-bond donors (Lipinski definition) is 2. The molecular weight excluding hydrogens is 430 g/mol. The number of carboxylic acid groups (broad SMARTS) is 1. The normalized spacial score (nSPS) is 12.2. The average Bonchev–Trinajstić information content (AvgIpc) is 2.77. The van der Waals surface area contributed by atoms with Crippen LogP contribution in [-0.2, 0) is 10.2 Å². The molecule has 6 heteroatoms. The van der Waals surface area contributed by atoms with Crippen molar-refractivity contribution in [1.29, 1.82) is 0 Å². The number of anilines is 1. The summed E-state index contributed by atoms with van der Waals surface area (Å²) in [5.74, 6) is -0.653.